The van der Waals surface area contributed by atoms with Gasteiger partial charge in [0.05, 0.1) is 11.8 Å². The number of rotatable bonds is 2. The van der Waals surface area contributed by atoms with E-state index in [-0.39, 0.29) is 17.7 Å². The van der Waals surface area contributed by atoms with E-state index in [1.807, 2.05) is 0 Å². The highest BCUT2D eigenvalue weighted by Gasteiger charge is 2.28. The molecular weight excluding hydrogens is 300 g/mol. The number of carbonyl (C=O) groups is 2. The van der Waals surface area contributed by atoms with Crippen LogP contribution in [0.4, 0.5) is 0 Å². The van der Waals surface area contributed by atoms with E-state index in [1.165, 1.54) is 6.26 Å². The van der Waals surface area contributed by atoms with Gasteiger partial charge in [-0.2, -0.15) is 0 Å². The Kier molecular flexibility index (Phi) is 4.06. The van der Waals surface area contributed by atoms with Gasteiger partial charge >= 0.3 is 0 Å². The number of carbonyl (C=O) groups excluding carboxylic acids is 2. The first-order valence-electron chi connectivity index (χ1n) is 5.87. The van der Waals surface area contributed by atoms with Crippen LogP contribution in [0.15, 0.2) is 21.4 Å². The Bertz CT molecular complexity index is 450. The molecule has 98 valence electrons. The van der Waals surface area contributed by atoms with Crippen LogP contribution in [0.3, 0.4) is 0 Å². The molecule has 0 aliphatic carbocycles. The van der Waals surface area contributed by atoms with E-state index < -0.39 is 0 Å². The molecule has 6 heteroatoms. The minimum atomic E-state index is -0.0500. The van der Waals surface area contributed by atoms with Gasteiger partial charge in [0.2, 0.25) is 5.91 Å². The maximum atomic E-state index is 12.2. The van der Waals surface area contributed by atoms with Gasteiger partial charge in [0.15, 0.2) is 4.67 Å². The van der Waals surface area contributed by atoms with Gasteiger partial charge < -0.3 is 14.6 Å². The topological polar surface area (TPSA) is 62.6 Å². The van der Waals surface area contributed by atoms with Crippen molar-refractivity contribution < 1.29 is 14.0 Å². The van der Waals surface area contributed by atoms with Gasteiger partial charge in [-0.25, -0.2) is 0 Å². The summed E-state index contributed by atoms with van der Waals surface area (Å²) < 4.78 is 5.52. The summed E-state index contributed by atoms with van der Waals surface area (Å²) in [4.78, 5) is 25.4. The van der Waals surface area contributed by atoms with Crippen LogP contribution in [0.2, 0.25) is 0 Å². The van der Waals surface area contributed by atoms with Gasteiger partial charge in [-0.3, -0.25) is 9.59 Å². The predicted molar refractivity (Wildman–Crippen MR) is 69.1 cm³/mol. The van der Waals surface area contributed by atoms with Gasteiger partial charge in [0, 0.05) is 26.1 Å². The summed E-state index contributed by atoms with van der Waals surface area (Å²) in [5.41, 5.74) is 0.536. The number of hydrogen-bond donors (Lipinski definition) is 1. The molecule has 2 heterocycles. The minimum absolute atomic E-state index is 0.0202. The van der Waals surface area contributed by atoms with Gasteiger partial charge in [-0.1, -0.05) is 0 Å². The van der Waals surface area contributed by atoms with E-state index in [2.05, 4.69) is 21.2 Å². The van der Waals surface area contributed by atoms with Crippen molar-refractivity contribution in [3.8, 4) is 0 Å². The molecule has 1 aromatic heterocycles. The molecule has 1 aromatic rings. The molecule has 1 aliphatic heterocycles. The second-order valence-electron chi connectivity index (χ2n) is 4.29. The van der Waals surface area contributed by atoms with Crippen LogP contribution in [0, 0.1) is 5.92 Å². The molecule has 0 bridgehead atoms. The van der Waals surface area contributed by atoms with Crippen LogP contribution < -0.4 is 5.32 Å². The van der Waals surface area contributed by atoms with Crippen LogP contribution in [0.25, 0.3) is 0 Å². The first-order chi connectivity index (χ1) is 8.63. The molecule has 0 aromatic carbocycles. The Morgan fingerprint density at radius 3 is 2.61 bits per heavy atom. The van der Waals surface area contributed by atoms with Crippen LogP contribution in [0.1, 0.15) is 23.2 Å². The van der Waals surface area contributed by atoms with Crippen molar-refractivity contribution in [1.29, 1.82) is 0 Å². The lowest BCUT2D eigenvalue weighted by molar-refractivity contribution is -0.125. The predicted octanol–water partition coefficient (Wildman–Crippen LogP) is 1.64. The first kappa shape index (κ1) is 13.1. The zero-order valence-corrected chi connectivity index (χ0v) is 11.7. The Morgan fingerprint density at radius 2 is 2.11 bits per heavy atom. The van der Waals surface area contributed by atoms with Gasteiger partial charge in [-0.15, -0.1) is 0 Å². The average Bonchev–Trinajstić information content (AvgIpc) is 2.83. The summed E-state index contributed by atoms with van der Waals surface area (Å²) in [5.74, 6) is 0.0319. The Morgan fingerprint density at radius 1 is 1.44 bits per heavy atom. The van der Waals surface area contributed by atoms with Crippen molar-refractivity contribution in [2.45, 2.75) is 12.8 Å². The van der Waals surface area contributed by atoms with Crippen LogP contribution >= 0.6 is 15.9 Å². The highest BCUT2D eigenvalue weighted by Crippen LogP contribution is 2.23. The summed E-state index contributed by atoms with van der Waals surface area (Å²) in [5, 5.41) is 2.65. The summed E-state index contributed by atoms with van der Waals surface area (Å²) in [7, 11) is 1.64. The van der Waals surface area contributed by atoms with Gasteiger partial charge in [-0.05, 0) is 34.8 Å². The number of furan rings is 1. The van der Waals surface area contributed by atoms with Crippen molar-refractivity contribution in [1.82, 2.24) is 10.2 Å². The summed E-state index contributed by atoms with van der Waals surface area (Å²) in [6.07, 6.45) is 2.90. The highest BCUT2D eigenvalue weighted by atomic mass is 79.9. The molecule has 1 saturated heterocycles. The summed E-state index contributed by atoms with van der Waals surface area (Å²) in [6, 6.07) is 1.65. The van der Waals surface area contributed by atoms with Crippen molar-refractivity contribution in [2.75, 3.05) is 20.1 Å². The van der Waals surface area contributed by atoms with E-state index in [9.17, 15) is 9.59 Å². The number of piperidine rings is 1. The fourth-order valence-electron chi connectivity index (χ4n) is 2.17. The SMILES string of the molecule is CNC(=O)C1CCN(C(=O)c2ccoc2Br)CC1. The molecule has 5 nitrogen and oxygen atoms in total. The Balaban J connectivity index is 1.96. The summed E-state index contributed by atoms with van der Waals surface area (Å²) in [6.45, 7) is 1.21. The lowest BCUT2D eigenvalue weighted by Crippen LogP contribution is -2.42. The van der Waals surface area contributed by atoms with E-state index in [0.29, 0.717) is 36.2 Å². The maximum absolute atomic E-state index is 12.2. The molecule has 0 atom stereocenters. The molecule has 2 amide bonds. The maximum Gasteiger partial charge on any atom is 0.258 e. The lowest BCUT2D eigenvalue weighted by atomic mass is 9.95. The minimum Gasteiger partial charge on any atom is -0.457 e. The smallest absolute Gasteiger partial charge is 0.258 e. The summed E-state index contributed by atoms with van der Waals surface area (Å²) >= 11 is 3.20. The number of nitrogens with one attached hydrogen (secondary N) is 1. The standard InChI is InChI=1S/C12H15BrN2O3/c1-14-11(16)8-2-5-15(6-3-8)12(17)9-4-7-18-10(9)13/h4,7-8H,2-3,5-6H2,1H3,(H,14,16). The molecular formula is C12H15BrN2O3. The molecule has 0 unspecified atom stereocenters. The van der Waals surface area contributed by atoms with E-state index in [1.54, 1.807) is 18.0 Å². The Labute approximate surface area is 114 Å². The van der Waals surface area contributed by atoms with E-state index in [0.717, 1.165) is 0 Å². The zero-order valence-electron chi connectivity index (χ0n) is 10.1. The Hall–Kier alpha value is -1.30. The average molecular weight is 315 g/mol. The largest absolute Gasteiger partial charge is 0.457 e. The third-order valence-corrected chi connectivity index (χ3v) is 3.86. The molecule has 0 spiro atoms. The van der Waals surface area contributed by atoms with Crippen molar-refractivity contribution in [2.24, 2.45) is 5.92 Å². The van der Waals surface area contributed by atoms with E-state index in [4.69, 9.17) is 4.42 Å². The molecule has 1 N–H and O–H groups in total. The molecule has 18 heavy (non-hydrogen) atoms. The van der Waals surface area contributed by atoms with Crippen LogP contribution in [0.5, 0.6) is 0 Å². The van der Waals surface area contributed by atoms with Gasteiger partial charge in [0.25, 0.3) is 5.91 Å². The third-order valence-electron chi connectivity index (χ3n) is 3.25. The number of halogens is 1. The van der Waals surface area contributed by atoms with Crippen molar-refractivity contribution in [3.05, 3.63) is 22.6 Å². The molecule has 0 saturated carbocycles. The normalized spacial score (nSPS) is 16.7. The second-order valence-corrected chi connectivity index (χ2v) is 5.01. The number of likely N-dealkylation sites (tertiary alicyclic amines) is 1. The second kappa shape index (κ2) is 5.56. The zero-order chi connectivity index (χ0) is 13.1. The molecule has 2 rings (SSSR count). The van der Waals surface area contributed by atoms with Crippen LogP contribution in [-0.2, 0) is 4.79 Å². The molecule has 1 fully saturated rings. The van der Waals surface area contributed by atoms with Gasteiger partial charge in [0.1, 0.15) is 0 Å². The molecule has 0 radical (unpaired) electrons. The molecule has 1 aliphatic rings. The van der Waals surface area contributed by atoms with Crippen LogP contribution in [-0.4, -0.2) is 36.9 Å². The fraction of sp³-hybridized carbons (Fsp3) is 0.500. The highest BCUT2D eigenvalue weighted by molar-refractivity contribution is 9.10. The fourth-order valence-corrected chi connectivity index (χ4v) is 2.58. The van der Waals surface area contributed by atoms with Crippen molar-refractivity contribution >= 4 is 27.7 Å². The lowest BCUT2D eigenvalue weighted by Gasteiger charge is -2.30. The number of nitrogens with zero attached hydrogens (tertiary/aromatic N) is 1. The monoisotopic (exact) mass is 314 g/mol. The third kappa shape index (κ3) is 2.58. The number of amides is 2. The quantitative estimate of drug-likeness (QED) is 0.902. The first-order valence-corrected chi connectivity index (χ1v) is 6.66. The van der Waals surface area contributed by atoms with Crippen molar-refractivity contribution in [3.63, 3.8) is 0 Å². The number of hydrogen-bond acceptors (Lipinski definition) is 3. The van der Waals surface area contributed by atoms with E-state index >= 15 is 0 Å².